The zero-order valence-corrected chi connectivity index (χ0v) is 12.2. The monoisotopic (exact) mass is 290 g/mol. The molecule has 106 valence electrons. The summed E-state index contributed by atoms with van der Waals surface area (Å²) in [5, 5.41) is 3.95. The highest BCUT2D eigenvalue weighted by Gasteiger charge is 2.35. The number of hydrogen-bond donors (Lipinski definition) is 3. The Morgan fingerprint density at radius 2 is 2.30 bits per heavy atom. The molecule has 1 heterocycles. The van der Waals surface area contributed by atoms with Gasteiger partial charge in [0.15, 0.2) is 0 Å². The van der Waals surface area contributed by atoms with Crippen molar-refractivity contribution < 1.29 is 0 Å². The summed E-state index contributed by atoms with van der Waals surface area (Å²) < 4.78 is 0.336. The molecule has 0 amide bonds. The molecule has 3 rings (SSSR count). The maximum atomic E-state index is 11.7. The van der Waals surface area contributed by atoms with E-state index in [2.05, 4.69) is 21.5 Å². The van der Waals surface area contributed by atoms with Gasteiger partial charge in [-0.05, 0) is 31.2 Å². The van der Waals surface area contributed by atoms with Gasteiger partial charge in [0.05, 0.1) is 28.6 Å². The second kappa shape index (κ2) is 5.01. The second-order valence-corrected chi connectivity index (χ2v) is 6.56. The zero-order chi connectivity index (χ0) is 14.2. The normalized spacial score (nSPS) is 16.9. The summed E-state index contributed by atoms with van der Waals surface area (Å²) in [6.45, 7) is 0.896. The number of benzene rings is 1. The SMILES string of the molecule is CSC1(CNc2cc3nc[nH]c(=O)c3cc2N)CCC1. The molecular weight excluding hydrogens is 272 g/mol. The van der Waals surface area contributed by atoms with E-state index in [1.807, 2.05) is 17.8 Å². The quantitative estimate of drug-likeness (QED) is 0.752. The molecule has 1 aliphatic rings. The summed E-state index contributed by atoms with van der Waals surface area (Å²) in [5.41, 5.74) is 7.99. The molecule has 1 aliphatic carbocycles. The largest absolute Gasteiger partial charge is 0.397 e. The Kier molecular flexibility index (Phi) is 3.33. The molecule has 1 aromatic carbocycles. The number of nitrogens with zero attached hydrogens (tertiary/aromatic N) is 1. The van der Waals surface area contributed by atoms with Crippen molar-refractivity contribution in [2.24, 2.45) is 0 Å². The smallest absolute Gasteiger partial charge is 0.258 e. The highest BCUT2D eigenvalue weighted by Crippen LogP contribution is 2.43. The lowest BCUT2D eigenvalue weighted by Gasteiger charge is -2.40. The molecule has 1 fully saturated rings. The van der Waals surface area contributed by atoms with Crippen LogP contribution in [0.4, 0.5) is 11.4 Å². The number of thioether (sulfide) groups is 1. The Morgan fingerprint density at radius 1 is 1.50 bits per heavy atom. The topological polar surface area (TPSA) is 83.8 Å². The van der Waals surface area contributed by atoms with Gasteiger partial charge >= 0.3 is 0 Å². The minimum Gasteiger partial charge on any atom is -0.397 e. The zero-order valence-electron chi connectivity index (χ0n) is 11.4. The van der Waals surface area contributed by atoms with Crippen molar-refractivity contribution in [2.75, 3.05) is 23.9 Å². The minimum absolute atomic E-state index is 0.159. The number of H-pyrrole nitrogens is 1. The van der Waals surface area contributed by atoms with Crippen LogP contribution in [0.15, 0.2) is 23.3 Å². The summed E-state index contributed by atoms with van der Waals surface area (Å²) in [6.07, 6.45) is 7.36. The lowest BCUT2D eigenvalue weighted by molar-refractivity contribution is 0.380. The van der Waals surface area contributed by atoms with Crippen LogP contribution in [-0.2, 0) is 0 Å². The number of nitrogen functional groups attached to an aromatic ring is 1. The van der Waals surface area contributed by atoms with E-state index < -0.39 is 0 Å². The molecule has 4 N–H and O–H groups in total. The molecule has 1 aromatic heterocycles. The third-order valence-corrected chi connectivity index (χ3v) is 5.53. The van der Waals surface area contributed by atoms with Crippen LogP contribution >= 0.6 is 11.8 Å². The molecule has 6 heteroatoms. The molecule has 2 aromatic rings. The first kappa shape index (κ1) is 13.3. The van der Waals surface area contributed by atoms with Crippen molar-refractivity contribution >= 4 is 34.0 Å². The molecule has 20 heavy (non-hydrogen) atoms. The molecule has 0 spiro atoms. The van der Waals surface area contributed by atoms with E-state index >= 15 is 0 Å². The number of nitrogens with two attached hydrogens (primary N) is 1. The molecule has 0 unspecified atom stereocenters. The van der Waals surface area contributed by atoms with E-state index in [4.69, 9.17) is 5.73 Å². The number of nitrogens with one attached hydrogen (secondary N) is 2. The number of anilines is 2. The number of hydrogen-bond acceptors (Lipinski definition) is 5. The van der Waals surface area contributed by atoms with E-state index in [1.54, 1.807) is 6.07 Å². The van der Waals surface area contributed by atoms with Crippen molar-refractivity contribution in [2.45, 2.75) is 24.0 Å². The number of rotatable bonds is 4. The standard InChI is InChI=1S/C14H18N4OS/c1-20-14(3-2-4-14)7-16-12-6-11-9(5-10(12)15)13(19)18-8-17-11/h5-6,8,16H,2-4,7,15H2,1H3,(H,17,18,19). The fourth-order valence-corrected chi connectivity index (χ4v) is 3.48. The van der Waals surface area contributed by atoms with Gasteiger partial charge in [-0.3, -0.25) is 4.79 Å². The van der Waals surface area contributed by atoms with Gasteiger partial charge in [0.25, 0.3) is 5.56 Å². The van der Waals surface area contributed by atoms with Gasteiger partial charge in [0, 0.05) is 11.3 Å². The van der Waals surface area contributed by atoms with E-state index in [-0.39, 0.29) is 5.56 Å². The van der Waals surface area contributed by atoms with E-state index in [0.29, 0.717) is 21.3 Å². The van der Waals surface area contributed by atoms with Crippen molar-refractivity contribution in [1.82, 2.24) is 9.97 Å². The summed E-state index contributed by atoms with van der Waals surface area (Å²) in [6, 6.07) is 3.54. The predicted molar refractivity (Wildman–Crippen MR) is 85.4 cm³/mol. The van der Waals surface area contributed by atoms with Crippen LogP contribution in [0, 0.1) is 0 Å². The third kappa shape index (κ3) is 2.24. The first-order valence-corrected chi connectivity index (χ1v) is 7.92. The maximum Gasteiger partial charge on any atom is 0.258 e. The summed E-state index contributed by atoms with van der Waals surface area (Å²) >= 11 is 1.92. The summed E-state index contributed by atoms with van der Waals surface area (Å²) in [7, 11) is 0. The fraction of sp³-hybridized carbons (Fsp3) is 0.429. The average molecular weight is 290 g/mol. The lowest BCUT2D eigenvalue weighted by Crippen LogP contribution is -2.40. The van der Waals surface area contributed by atoms with Gasteiger partial charge in [0.1, 0.15) is 0 Å². The molecule has 0 aliphatic heterocycles. The first-order chi connectivity index (χ1) is 9.63. The van der Waals surface area contributed by atoms with Crippen molar-refractivity contribution in [3.8, 4) is 0 Å². The van der Waals surface area contributed by atoms with Gasteiger partial charge in [-0.25, -0.2) is 4.98 Å². The number of aromatic amines is 1. The third-order valence-electron chi connectivity index (χ3n) is 4.11. The van der Waals surface area contributed by atoms with Crippen molar-refractivity contribution in [1.29, 1.82) is 0 Å². The van der Waals surface area contributed by atoms with Gasteiger partial charge in [-0.15, -0.1) is 0 Å². The van der Waals surface area contributed by atoms with Gasteiger partial charge in [0.2, 0.25) is 0 Å². The van der Waals surface area contributed by atoms with E-state index in [9.17, 15) is 4.79 Å². The molecule has 0 atom stereocenters. The fourth-order valence-electron chi connectivity index (χ4n) is 2.57. The predicted octanol–water partition coefficient (Wildman–Crippen LogP) is 2.20. The van der Waals surface area contributed by atoms with Crippen LogP contribution in [0.2, 0.25) is 0 Å². The van der Waals surface area contributed by atoms with Crippen LogP contribution in [0.5, 0.6) is 0 Å². The minimum atomic E-state index is -0.159. The molecule has 5 nitrogen and oxygen atoms in total. The van der Waals surface area contributed by atoms with Crippen LogP contribution in [0.3, 0.4) is 0 Å². The molecule has 0 saturated heterocycles. The van der Waals surface area contributed by atoms with Crippen molar-refractivity contribution in [3.63, 3.8) is 0 Å². The van der Waals surface area contributed by atoms with Crippen LogP contribution in [0.25, 0.3) is 10.9 Å². The average Bonchev–Trinajstić information content (AvgIpc) is 2.40. The van der Waals surface area contributed by atoms with Gasteiger partial charge in [-0.2, -0.15) is 11.8 Å². The van der Waals surface area contributed by atoms with Crippen LogP contribution in [0.1, 0.15) is 19.3 Å². The van der Waals surface area contributed by atoms with E-state index in [0.717, 1.165) is 12.2 Å². The second-order valence-electron chi connectivity index (χ2n) is 5.28. The highest BCUT2D eigenvalue weighted by atomic mass is 32.2. The Labute approximate surface area is 121 Å². The Balaban J connectivity index is 1.88. The Bertz CT molecular complexity index is 688. The van der Waals surface area contributed by atoms with Crippen molar-refractivity contribution in [3.05, 3.63) is 28.8 Å². The number of fused-ring (bicyclic) bond motifs is 1. The molecular formula is C14H18N4OS. The van der Waals surface area contributed by atoms with Gasteiger partial charge < -0.3 is 16.0 Å². The van der Waals surface area contributed by atoms with Crippen LogP contribution < -0.4 is 16.6 Å². The summed E-state index contributed by atoms with van der Waals surface area (Å²) in [5.74, 6) is 0. The first-order valence-electron chi connectivity index (χ1n) is 6.69. The lowest BCUT2D eigenvalue weighted by atomic mass is 9.84. The Hall–Kier alpha value is -1.69. The van der Waals surface area contributed by atoms with Gasteiger partial charge in [-0.1, -0.05) is 6.42 Å². The molecule has 0 bridgehead atoms. The summed E-state index contributed by atoms with van der Waals surface area (Å²) in [4.78, 5) is 18.4. The molecule has 1 saturated carbocycles. The maximum absolute atomic E-state index is 11.7. The highest BCUT2D eigenvalue weighted by molar-refractivity contribution is 8.00. The Morgan fingerprint density at radius 3 is 2.95 bits per heavy atom. The molecule has 0 radical (unpaired) electrons. The van der Waals surface area contributed by atoms with Crippen LogP contribution in [-0.4, -0.2) is 27.5 Å². The number of aromatic nitrogens is 2. The van der Waals surface area contributed by atoms with E-state index in [1.165, 1.54) is 25.6 Å².